The van der Waals surface area contributed by atoms with Crippen LogP contribution in [0.3, 0.4) is 0 Å². The van der Waals surface area contributed by atoms with Crippen molar-refractivity contribution in [2.24, 2.45) is 0 Å². The molecule has 2 aromatic heterocycles. The number of allylic oxidation sites excluding steroid dienone is 2. The van der Waals surface area contributed by atoms with Gasteiger partial charge in [-0.3, -0.25) is 4.79 Å². The molecule has 0 atom stereocenters. The van der Waals surface area contributed by atoms with Gasteiger partial charge in [-0.25, -0.2) is 0 Å². The minimum atomic E-state index is -1.59. The third-order valence-electron chi connectivity index (χ3n) is 7.38. The molecular weight excluding hydrogens is 679 g/mol. The molecule has 39 heavy (non-hydrogen) atoms. The van der Waals surface area contributed by atoms with E-state index in [0.717, 1.165) is 22.4 Å². The van der Waals surface area contributed by atoms with Gasteiger partial charge in [0.15, 0.2) is 5.78 Å². The van der Waals surface area contributed by atoms with Crippen molar-refractivity contribution in [2.75, 3.05) is 0 Å². The topological polar surface area (TPSA) is 63.3 Å². The molecule has 1 radical (unpaired) electrons. The van der Waals surface area contributed by atoms with Gasteiger partial charge in [-0.2, -0.15) is 0 Å². The maximum absolute atomic E-state index is 10.0. The van der Waals surface area contributed by atoms with Gasteiger partial charge in [-0.15, -0.1) is 17.7 Å². The molecule has 1 aliphatic carbocycles. The zero-order valence-electron chi connectivity index (χ0n) is 23.7. The fraction of sp³-hybridized carbons (Fsp3) is 0.273. The Kier molecular flexibility index (Phi) is 7.54. The van der Waals surface area contributed by atoms with Crippen LogP contribution in [0.4, 0.5) is 0 Å². The molecule has 0 bridgehead atoms. The second kappa shape index (κ2) is 10.2. The van der Waals surface area contributed by atoms with Crippen molar-refractivity contribution >= 4 is 51.8 Å². The van der Waals surface area contributed by atoms with Crippen LogP contribution in [0, 0.1) is 13.0 Å². The van der Waals surface area contributed by atoms with Gasteiger partial charge in [0.1, 0.15) is 5.58 Å². The number of aryl methyl sites for hydroxylation is 1. The summed E-state index contributed by atoms with van der Waals surface area (Å²) < 4.78 is 6.57. The predicted octanol–water partition coefficient (Wildman–Crippen LogP) is 8.13. The number of aliphatic hydroxyl groups excluding tert-OH is 1. The van der Waals surface area contributed by atoms with Crippen LogP contribution in [-0.4, -0.2) is 23.9 Å². The number of aromatic nitrogens is 1. The Hall–Kier alpha value is -3.05. The summed E-state index contributed by atoms with van der Waals surface area (Å²) in [6.07, 6.45) is 3.18. The number of pyridine rings is 1. The molecule has 3 aromatic carbocycles. The Balaban J connectivity index is 0.000000394. The number of carbonyl (C=O) groups is 1. The van der Waals surface area contributed by atoms with E-state index in [1.807, 2.05) is 12.3 Å². The standard InChI is InChI=1S/C28H26NOSi.C5H8O2.Ir/c1-16-10-11-17-15-29-26-18-8-7-9-21-23(18)24-20(28(2,3)25(26)19(17)14-16)12-13-22(27(24)30-21)31(4,5)6;1-4(6)3-5(2)7;/h7,9-15H,1-6H3;3,6H,1-2H3;/q-1;;/b;4-3-;. The number of hydrogen-bond acceptors (Lipinski definition) is 4. The van der Waals surface area contributed by atoms with Crippen LogP contribution in [0.5, 0.6) is 0 Å². The molecule has 0 amide bonds. The van der Waals surface area contributed by atoms with E-state index in [1.165, 1.54) is 63.3 Å². The van der Waals surface area contributed by atoms with Crippen LogP contribution >= 0.6 is 0 Å². The number of nitrogens with zero attached hydrogens (tertiary/aromatic N) is 1. The van der Waals surface area contributed by atoms with Crippen LogP contribution < -0.4 is 5.19 Å². The first kappa shape index (κ1) is 28.9. The zero-order chi connectivity index (χ0) is 27.6. The Morgan fingerprint density at radius 3 is 2.41 bits per heavy atom. The molecule has 0 saturated heterocycles. The van der Waals surface area contributed by atoms with Gasteiger partial charge in [0.05, 0.1) is 19.4 Å². The molecule has 6 heteroatoms. The number of furan rings is 1. The fourth-order valence-electron chi connectivity index (χ4n) is 5.73. The Morgan fingerprint density at radius 1 is 1.08 bits per heavy atom. The summed E-state index contributed by atoms with van der Waals surface area (Å²) in [5.41, 5.74) is 7.74. The minimum Gasteiger partial charge on any atom is -0.512 e. The number of benzene rings is 3. The van der Waals surface area contributed by atoms with Crippen LogP contribution in [0.1, 0.15) is 44.4 Å². The van der Waals surface area contributed by atoms with Gasteiger partial charge >= 0.3 is 0 Å². The van der Waals surface area contributed by atoms with E-state index >= 15 is 0 Å². The minimum absolute atomic E-state index is 0. The van der Waals surface area contributed by atoms with Crippen molar-refractivity contribution in [1.82, 2.24) is 4.98 Å². The summed E-state index contributed by atoms with van der Waals surface area (Å²) in [5.74, 6) is -0.0625. The van der Waals surface area contributed by atoms with E-state index in [9.17, 15) is 4.79 Å². The molecule has 6 rings (SSSR count). The van der Waals surface area contributed by atoms with Gasteiger partial charge in [0.2, 0.25) is 0 Å². The Labute approximate surface area is 244 Å². The molecule has 0 aliphatic heterocycles. The third kappa shape index (κ3) is 4.90. The summed E-state index contributed by atoms with van der Waals surface area (Å²) in [6.45, 7) is 16.8. The number of fused-ring (bicyclic) bond motifs is 4. The van der Waals surface area contributed by atoms with Gasteiger partial charge in [0, 0.05) is 37.8 Å². The van der Waals surface area contributed by atoms with E-state index in [2.05, 4.69) is 82.9 Å². The van der Waals surface area contributed by atoms with Gasteiger partial charge in [-0.05, 0) is 58.9 Å². The number of hydrogen-bond donors (Lipinski definition) is 1. The van der Waals surface area contributed by atoms with E-state index in [1.54, 1.807) is 0 Å². The third-order valence-corrected chi connectivity index (χ3v) is 9.39. The van der Waals surface area contributed by atoms with E-state index in [4.69, 9.17) is 14.5 Å². The maximum Gasteiger partial charge on any atom is 0.155 e. The number of rotatable bonds is 2. The van der Waals surface area contributed by atoms with E-state index in [0.29, 0.717) is 0 Å². The van der Waals surface area contributed by atoms with Crippen molar-refractivity contribution < 1.29 is 34.4 Å². The van der Waals surface area contributed by atoms with Crippen molar-refractivity contribution in [3.8, 4) is 11.3 Å². The van der Waals surface area contributed by atoms with E-state index < -0.39 is 8.07 Å². The summed E-state index contributed by atoms with van der Waals surface area (Å²) in [4.78, 5) is 15.0. The summed E-state index contributed by atoms with van der Waals surface area (Å²) in [7, 11) is -1.59. The van der Waals surface area contributed by atoms with Gasteiger partial charge < -0.3 is 14.5 Å². The smallest absolute Gasteiger partial charge is 0.155 e. The summed E-state index contributed by atoms with van der Waals surface area (Å²) in [6, 6.07) is 18.9. The quantitative estimate of drug-likeness (QED) is 0.0870. The fourth-order valence-corrected chi connectivity index (χ4v) is 7.17. The van der Waals surface area contributed by atoms with Crippen LogP contribution in [0.15, 0.2) is 64.9 Å². The van der Waals surface area contributed by atoms with Crippen molar-refractivity contribution in [2.45, 2.75) is 59.7 Å². The first-order valence-electron chi connectivity index (χ1n) is 13.0. The van der Waals surface area contributed by atoms with Crippen LogP contribution in [0.2, 0.25) is 19.6 Å². The van der Waals surface area contributed by atoms with E-state index in [-0.39, 0.29) is 37.1 Å². The summed E-state index contributed by atoms with van der Waals surface area (Å²) >= 11 is 0. The average Bonchev–Trinajstić information content (AvgIpc) is 3.17. The van der Waals surface area contributed by atoms with Crippen LogP contribution in [0.25, 0.3) is 44.0 Å². The Morgan fingerprint density at radius 2 is 1.79 bits per heavy atom. The first-order valence-corrected chi connectivity index (χ1v) is 16.5. The predicted molar refractivity (Wildman–Crippen MR) is 160 cm³/mol. The van der Waals surface area contributed by atoms with Gasteiger partial charge in [0.25, 0.3) is 0 Å². The molecule has 1 aliphatic rings. The molecular formula is C33H34IrNO3Si-. The maximum atomic E-state index is 10.0. The van der Waals surface area contributed by atoms with Crippen LogP contribution in [-0.2, 0) is 30.3 Å². The normalized spacial score (nSPS) is 14.0. The number of ketones is 1. The molecule has 0 fully saturated rings. The molecule has 2 heterocycles. The molecule has 0 unspecified atom stereocenters. The van der Waals surface area contributed by atoms with Gasteiger partial charge in [-0.1, -0.05) is 80.8 Å². The number of aliphatic hydroxyl groups is 1. The molecule has 0 saturated carbocycles. The number of carbonyl (C=O) groups excluding carboxylic acids is 1. The van der Waals surface area contributed by atoms with Crippen molar-refractivity contribution in [1.29, 1.82) is 0 Å². The Bertz CT molecular complexity index is 1790. The second-order valence-corrected chi connectivity index (χ2v) is 16.9. The molecule has 203 valence electrons. The SMILES string of the molecule is CC(=O)/C=C(/C)O.Cc1ccc2cnc3c(c2c1)C(C)(C)c1ccc([Si](C)(C)C)c2oc4cc[c-]c-3c4c12.[Ir]. The second-order valence-electron chi connectivity index (χ2n) is 11.9. The average molecular weight is 713 g/mol. The molecule has 4 nitrogen and oxygen atoms in total. The molecule has 5 aromatic rings. The zero-order valence-corrected chi connectivity index (χ0v) is 27.1. The van der Waals surface area contributed by atoms with Crippen molar-refractivity contribution in [3.05, 3.63) is 83.3 Å². The largest absolute Gasteiger partial charge is 0.512 e. The summed E-state index contributed by atoms with van der Waals surface area (Å²) in [5, 5.41) is 14.6. The molecule has 1 N–H and O–H groups in total. The van der Waals surface area contributed by atoms with Crippen molar-refractivity contribution in [3.63, 3.8) is 0 Å². The monoisotopic (exact) mass is 713 g/mol. The first-order chi connectivity index (χ1) is 17.8. The molecule has 0 spiro atoms.